The zero-order valence-corrected chi connectivity index (χ0v) is 16.5. The first kappa shape index (κ1) is 18.6. The molecule has 1 saturated heterocycles. The third-order valence-corrected chi connectivity index (χ3v) is 4.71. The Morgan fingerprint density at radius 1 is 1.21 bits per heavy atom. The lowest BCUT2D eigenvalue weighted by atomic mass is 10.1. The third kappa shape index (κ3) is 3.77. The van der Waals surface area contributed by atoms with Crippen LogP contribution in [-0.2, 0) is 9.47 Å². The molecule has 4 heterocycles. The average Bonchev–Trinajstić information content (AvgIpc) is 3.16. The average molecular weight is 383 g/mol. The van der Waals surface area contributed by atoms with Crippen LogP contribution in [-0.4, -0.2) is 64.4 Å². The van der Waals surface area contributed by atoms with Gasteiger partial charge in [0.05, 0.1) is 37.2 Å². The van der Waals surface area contributed by atoms with Gasteiger partial charge in [0.15, 0.2) is 0 Å². The highest BCUT2D eigenvalue weighted by atomic mass is 16.6. The summed E-state index contributed by atoms with van der Waals surface area (Å²) in [7, 11) is 0. The van der Waals surface area contributed by atoms with Crippen LogP contribution in [0.2, 0.25) is 0 Å². The molecule has 1 amide bonds. The Labute approximate surface area is 164 Å². The van der Waals surface area contributed by atoms with Crippen LogP contribution in [0, 0.1) is 0 Å². The topological polar surface area (TPSA) is 80.7 Å². The minimum atomic E-state index is -0.551. The van der Waals surface area contributed by atoms with Gasteiger partial charge in [0, 0.05) is 31.4 Å². The number of carbonyl (C=O) groups excluding carboxylic acids is 1. The van der Waals surface area contributed by atoms with Crippen LogP contribution >= 0.6 is 0 Å². The molecular weight excluding hydrogens is 358 g/mol. The van der Waals surface area contributed by atoms with Gasteiger partial charge in [-0.2, -0.15) is 0 Å². The number of ether oxygens (including phenoxy) is 2. The maximum atomic E-state index is 12.7. The molecule has 0 aromatic carbocycles. The van der Waals surface area contributed by atoms with E-state index in [1.54, 1.807) is 23.5 Å². The molecule has 2 aromatic heterocycles. The number of pyridine rings is 1. The summed E-state index contributed by atoms with van der Waals surface area (Å²) in [5.74, 6) is 0.814. The minimum absolute atomic E-state index is 0.278. The highest BCUT2D eigenvalue weighted by Crippen LogP contribution is 2.32. The Bertz CT molecular complexity index is 902. The van der Waals surface area contributed by atoms with Gasteiger partial charge in [-0.15, -0.1) is 0 Å². The third-order valence-electron chi connectivity index (χ3n) is 4.71. The molecule has 1 atom stereocenters. The summed E-state index contributed by atoms with van der Waals surface area (Å²) in [6.45, 7) is 9.02. The van der Waals surface area contributed by atoms with E-state index in [1.165, 1.54) is 0 Å². The number of carbonyl (C=O) groups is 1. The van der Waals surface area contributed by atoms with E-state index in [0.29, 0.717) is 25.3 Å². The van der Waals surface area contributed by atoms with E-state index >= 15 is 0 Å². The molecule has 2 aliphatic heterocycles. The Morgan fingerprint density at radius 2 is 2.00 bits per heavy atom. The molecular formula is C20H25N5O3. The van der Waals surface area contributed by atoms with Crippen molar-refractivity contribution in [2.24, 2.45) is 0 Å². The number of morpholine rings is 1. The monoisotopic (exact) mass is 383 g/mol. The van der Waals surface area contributed by atoms with Crippen molar-refractivity contribution in [2.75, 3.05) is 37.7 Å². The van der Waals surface area contributed by atoms with Gasteiger partial charge in [0.1, 0.15) is 16.9 Å². The zero-order chi connectivity index (χ0) is 19.7. The van der Waals surface area contributed by atoms with Gasteiger partial charge >= 0.3 is 6.09 Å². The smallest absolute Gasteiger partial charge is 0.411 e. The number of anilines is 1. The molecule has 0 saturated carbocycles. The summed E-state index contributed by atoms with van der Waals surface area (Å²) in [5, 5.41) is 0. The highest BCUT2D eigenvalue weighted by Gasteiger charge is 2.32. The Balaban J connectivity index is 1.69. The van der Waals surface area contributed by atoms with Crippen molar-refractivity contribution in [3.63, 3.8) is 0 Å². The molecule has 28 heavy (non-hydrogen) atoms. The maximum Gasteiger partial charge on any atom is 0.411 e. The number of hydrogen-bond acceptors (Lipinski definition) is 7. The largest absolute Gasteiger partial charge is 0.444 e. The molecule has 148 valence electrons. The molecule has 0 N–H and O–H groups in total. The minimum Gasteiger partial charge on any atom is -0.444 e. The predicted octanol–water partition coefficient (Wildman–Crippen LogP) is 2.71. The lowest BCUT2D eigenvalue weighted by Crippen LogP contribution is -2.37. The quantitative estimate of drug-likeness (QED) is 0.738. The molecule has 0 spiro atoms. The summed E-state index contributed by atoms with van der Waals surface area (Å²) in [4.78, 5) is 30.3. The second-order valence-electron chi connectivity index (χ2n) is 7.93. The summed E-state index contributed by atoms with van der Waals surface area (Å²) in [6.07, 6.45) is 8.84. The van der Waals surface area contributed by atoms with Gasteiger partial charge in [-0.3, -0.25) is 9.88 Å². The van der Waals surface area contributed by atoms with Crippen LogP contribution in [0.25, 0.3) is 11.0 Å². The normalized spacial score (nSPS) is 20.0. The standard InChI is InChI=1S/C20H25N5O3/c1-20(2,3)28-19(26)25-6-4-5-16(25)14-11-21-12-15-18(14)23-17(13-22-15)24-7-9-27-10-8-24/h4-5,11-13,16H,6-10H2,1-3H3. The van der Waals surface area contributed by atoms with Crippen molar-refractivity contribution < 1.29 is 14.3 Å². The molecule has 8 heteroatoms. The van der Waals surface area contributed by atoms with Crippen molar-refractivity contribution >= 4 is 22.9 Å². The van der Waals surface area contributed by atoms with Gasteiger partial charge < -0.3 is 14.4 Å². The van der Waals surface area contributed by atoms with Crippen molar-refractivity contribution in [1.82, 2.24) is 19.9 Å². The van der Waals surface area contributed by atoms with Crippen molar-refractivity contribution in [2.45, 2.75) is 32.4 Å². The molecule has 0 aliphatic carbocycles. The summed E-state index contributed by atoms with van der Waals surface area (Å²) in [5.41, 5.74) is 1.76. The van der Waals surface area contributed by atoms with Gasteiger partial charge in [-0.05, 0) is 20.8 Å². The SMILES string of the molecule is CC(C)(C)OC(=O)N1CC=CC1c1cncc2ncc(N3CCOCC3)nc12. The fourth-order valence-corrected chi connectivity index (χ4v) is 3.41. The predicted molar refractivity (Wildman–Crippen MR) is 105 cm³/mol. The Kier molecular flexibility index (Phi) is 4.89. The van der Waals surface area contributed by atoms with Crippen LogP contribution in [0.4, 0.5) is 10.6 Å². The second kappa shape index (κ2) is 7.35. The molecule has 1 unspecified atom stereocenters. The molecule has 0 bridgehead atoms. The van der Waals surface area contributed by atoms with Gasteiger partial charge in [-0.25, -0.2) is 14.8 Å². The Hall–Kier alpha value is -2.74. The fraction of sp³-hybridized carbons (Fsp3) is 0.500. The lowest BCUT2D eigenvalue weighted by Gasteiger charge is -2.29. The van der Waals surface area contributed by atoms with E-state index in [2.05, 4.69) is 14.9 Å². The first-order valence-electron chi connectivity index (χ1n) is 9.52. The number of amides is 1. The van der Waals surface area contributed by atoms with E-state index in [4.69, 9.17) is 14.5 Å². The molecule has 4 rings (SSSR count). The van der Waals surface area contributed by atoms with E-state index in [0.717, 1.165) is 30.0 Å². The molecule has 8 nitrogen and oxygen atoms in total. The number of fused-ring (bicyclic) bond motifs is 1. The van der Waals surface area contributed by atoms with Crippen LogP contribution in [0.5, 0.6) is 0 Å². The first-order chi connectivity index (χ1) is 13.4. The summed E-state index contributed by atoms with van der Waals surface area (Å²) in [6, 6.07) is -0.278. The molecule has 0 radical (unpaired) electrons. The van der Waals surface area contributed by atoms with E-state index in [1.807, 2.05) is 32.9 Å². The number of aromatic nitrogens is 3. The summed E-state index contributed by atoms with van der Waals surface area (Å²) < 4.78 is 11.0. The highest BCUT2D eigenvalue weighted by molar-refractivity contribution is 5.80. The van der Waals surface area contributed by atoms with Crippen LogP contribution in [0.3, 0.4) is 0 Å². The number of rotatable bonds is 2. The van der Waals surface area contributed by atoms with Crippen LogP contribution in [0.1, 0.15) is 32.4 Å². The Morgan fingerprint density at radius 3 is 2.75 bits per heavy atom. The maximum absolute atomic E-state index is 12.7. The van der Waals surface area contributed by atoms with Gasteiger partial charge in [0.25, 0.3) is 0 Å². The van der Waals surface area contributed by atoms with Crippen LogP contribution < -0.4 is 4.90 Å². The van der Waals surface area contributed by atoms with Gasteiger partial charge in [-0.1, -0.05) is 12.2 Å². The molecule has 1 fully saturated rings. The first-order valence-corrected chi connectivity index (χ1v) is 9.52. The molecule has 2 aliphatic rings. The van der Waals surface area contributed by atoms with Crippen molar-refractivity contribution in [1.29, 1.82) is 0 Å². The number of nitrogens with zero attached hydrogens (tertiary/aromatic N) is 5. The fourth-order valence-electron chi connectivity index (χ4n) is 3.41. The van der Waals surface area contributed by atoms with Crippen molar-refractivity contribution in [3.05, 3.63) is 36.3 Å². The van der Waals surface area contributed by atoms with E-state index < -0.39 is 5.60 Å². The van der Waals surface area contributed by atoms with E-state index in [9.17, 15) is 4.79 Å². The number of hydrogen-bond donors (Lipinski definition) is 0. The van der Waals surface area contributed by atoms with E-state index in [-0.39, 0.29) is 12.1 Å². The zero-order valence-electron chi connectivity index (χ0n) is 16.5. The summed E-state index contributed by atoms with van der Waals surface area (Å²) >= 11 is 0. The second-order valence-corrected chi connectivity index (χ2v) is 7.93. The van der Waals surface area contributed by atoms with Crippen molar-refractivity contribution in [3.8, 4) is 0 Å². The molecule has 2 aromatic rings. The van der Waals surface area contributed by atoms with Crippen LogP contribution in [0.15, 0.2) is 30.7 Å². The van der Waals surface area contributed by atoms with Gasteiger partial charge in [0.2, 0.25) is 0 Å². The lowest BCUT2D eigenvalue weighted by molar-refractivity contribution is 0.0241.